The van der Waals surface area contributed by atoms with Crippen molar-refractivity contribution in [2.24, 2.45) is 0 Å². The van der Waals surface area contributed by atoms with Gasteiger partial charge in [0.2, 0.25) is 0 Å². The van der Waals surface area contributed by atoms with Gasteiger partial charge in [0.15, 0.2) is 5.82 Å². The van der Waals surface area contributed by atoms with Gasteiger partial charge in [0.05, 0.1) is 16.6 Å². The predicted octanol–water partition coefficient (Wildman–Crippen LogP) is 4.29. The summed E-state index contributed by atoms with van der Waals surface area (Å²) < 4.78 is 2.23. The van der Waals surface area contributed by atoms with Crippen molar-refractivity contribution in [3.05, 3.63) is 45.5 Å². The third-order valence-corrected chi connectivity index (χ3v) is 5.66. The topological polar surface area (TPSA) is 51.0 Å². The summed E-state index contributed by atoms with van der Waals surface area (Å²) in [6, 6.07) is 4.99. The second kappa shape index (κ2) is 6.96. The van der Waals surface area contributed by atoms with E-state index in [1.807, 2.05) is 4.90 Å². The molecule has 0 spiro atoms. The molecule has 0 saturated carbocycles. The highest BCUT2D eigenvalue weighted by molar-refractivity contribution is 6.36. The van der Waals surface area contributed by atoms with Gasteiger partial charge in [0.25, 0.3) is 5.91 Å². The zero-order chi connectivity index (χ0) is 17.4. The quantitative estimate of drug-likeness (QED) is 0.782. The van der Waals surface area contributed by atoms with Crippen molar-refractivity contribution in [3.8, 4) is 0 Å². The Kier molecular flexibility index (Phi) is 4.69. The van der Waals surface area contributed by atoms with Gasteiger partial charge in [-0.05, 0) is 43.9 Å². The fourth-order valence-electron chi connectivity index (χ4n) is 3.85. The average molecular weight is 379 g/mol. The van der Waals surface area contributed by atoms with E-state index in [-0.39, 0.29) is 11.9 Å². The van der Waals surface area contributed by atoms with Gasteiger partial charge in [-0.15, -0.1) is 10.2 Å². The van der Waals surface area contributed by atoms with Crippen LogP contribution in [0.15, 0.2) is 18.2 Å². The minimum absolute atomic E-state index is 0.0291. The number of nitrogens with zero attached hydrogens (tertiary/aromatic N) is 4. The molecular formula is C18H20Cl2N4O. The highest BCUT2D eigenvalue weighted by Crippen LogP contribution is 2.34. The molecule has 0 aliphatic carbocycles. The van der Waals surface area contributed by atoms with Crippen LogP contribution in [0.1, 0.15) is 60.2 Å². The third kappa shape index (κ3) is 3.15. The Morgan fingerprint density at radius 3 is 2.80 bits per heavy atom. The Balaban J connectivity index is 1.65. The summed E-state index contributed by atoms with van der Waals surface area (Å²) in [6.45, 7) is 1.66. The number of aromatic nitrogens is 3. The molecule has 5 nitrogen and oxygen atoms in total. The first-order valence-corrected chi connectivity index (χ1v) is 9.59. The molecule has 7 heteroatoms. The summed E-state index contributed by atoms with van der Waals surface area (Å²) in [5, 5.41) is 9.76. The lowest BCUT2D eigenvalue weighted by atomic mass is 10.1. The van der Waals surface area contributed by atoms with Crippen LogP contribution in [0.5, 0.6) is 0 Å². The molecule has 132 valence electrons. The Morgan fingerprint density at radius 1 is 1.08 bits per heavy atom. The van der Waals surface area contributed by atoms with Crippen LogP contribution in [-0.2, 0) is 13.0 Å². The fraction of sp³-hybridized carbons (Fsp3) is 0.500. The largest absolute Gasteiger partial charge is 0.328 e. The molecule has 2 aliphatic heterocycles. The minimum Gasteiger partial charge on any atom is -0.328 e. The molecular weight excluding hydrogens is 359 g/mol. The van der Waals surface area contributed by atoms with Gasteiger partial charge < -0.3 is 9.47 Å². The molecule has 1 fully saturated rings. The SMILES string of the molecule is O=C(c1ccc(Cl)cc1Cl)N1CCCC1c1nnc2n1CCCCC2. The number of hydrogen-bond donors (Lipinski definition) is 0. The van der Waals surface area contributed by atoms with Gasteiger partial charge in [-0.3, -0.25) is 4.79 Å². The standard InChI is InChI=1S/C18H20Cl2N4O/c19-12-7-8-13(14(20)11-12)18(25)23-10-4-5-15(23)17-22-21-16-6-2-1-3-9-24(16)17/h7-8,11,15H,1-6,9-10H2. The van der Waals surface area contributed by atoms with E-state index in [1.165, 1.54) is 6.42 Å². The number of fused-ring (bicyclic) bond motifs is 1. The van der Waals surface area contributed by atoms with Crippen molar-refractivity contribution < 1.29 is 4.79 Å². The maximum atomic E-state index is 13.1. The van der Waals surface area contributed by atoms with Crippen molar-refractivity contribution in [3.63, 3.8) is 0 Å². The van der Waals surface area contributed by atoms with Crippen LogP contribution in [-0.4, -0.2) is 32.1 Å². The van der Waals surface area contributed by atoms with E-state index in [0.29, 0.717) is 22.2 Å². The van der Waals surface area contributed by atoms with E-state index >= 15 is 0 Å². The molecule has 1 unspecified atom stereocenters. The number of carbonyl (C=O) groups excluding carboxylic acids is 1. The van der Waals surface area contributed by atoms with E-state index in [1.54, 1.807) is 18.2 Å². The molecule has 1 aromatic carbocycles. The van der Waals surface area contributed by atoms with Crippen LogP contribution in [0.4, 0.5) is 0 Å². The predicted molar refractivity (Wildman–Crippen MR) is 97.1 cm³/mol. The number of aryl methyl sites for hydroxylation is 1. The molecule has 25 heavy (non-hydrogen) atoms. The van der Waals surface area contributed by atoms with E-state index in [0.717, 1.165) is 50.3 Å². The van der Waals surface area contributed by atoms with Crippen molar-refractivity contribution in [2.75, 3.05) is 6.54 Å². The first-order valence-electron chi connectivity index (χ1n) is 8.83. The highest BCUT2D eigenvalue weighted by atomic mass is 35.5. The van der Waals surface area contributed by atoms with Crippen molar-refractivity contribution in [1.29, 1.82) is 0 Å². The number of hydrogen-bond acceptors (Lipinski definition) is 3. The molecule has 1 amide bonds. The Bertz CT molecular complexity index is 804. The molecule has 1 aromatic heterocycles. The molecule has 2 aliphatic rings. The van der Waals surface area contributed by atoms with Crippen molar-refractivity contribution in [2.45, 2.75) is 51.1 Å². The van der Waals surface area contributed by atoms with Gasteiger partial charge in [-0.25, -0.2) is 0 Å². The maximum absolute atomic E-state index is 13.1. The van der Waals surface area contributed by atoms with Crippen LogP contribution in [0.2, 0.25) is 10.0 Å². The molecule has 2 aromatic rings. The molecule has 1 atom stereocenters. The first kappa shape index (κ1) is 16.9. The Hall–Kier alpha value is -1.59. The minimum atomic E-state index is -0.0601. The van der Waals surface area contributed by atoms with E-state index in [9.17, 15) is 4.79 Å². The maximum Gasteiger partial charge on any atom is 0.255 e. The van der Waals surface area contributed by atoms with Crippen LogP contribution in [0, 0.1) is 0 Å². The summed E-state index contributed by atoms with van der Waals surface area (Å²) in [5.74, 6) is 1.92. The number of rotatable bonds is 2. The van der Waals surface area contributed by atoms with Crippen LogP contribution in [0.25, 0.3) is 0 Å². The Morgan fingerprint density at radius 2 is 1.96 bits per heavy atom. The lowest BCUT2D eigenvalue weighted by Crippen LogP contribution is -2.32. The monoisotopic (exact) mass is 378 g/mol. The number of benzene rings is 1. The summed E-state index contributed by atoms with van der Waals surface area (Å²) in [7, 11) is 0. The van der Waals surface area contributed by atoms with E-state index in [2.05, 4.69) is 14.8 Å². The number of likely N-dealkylation sites (tertiary alicyclic amines) is 1. The van der Waals surface area contributed by atoms with Crippen LogP contribution >= 0.6 is 23.2 Å². The molecule has 3 heterocycles. The molecule has 0 N–H and O–H groups in total. The summed E-state index contributed by atoms with van der Waals surface area (Å²) in [6.07, 6.45) is 6.36. The lowest BCUT2D eigenvalue weighted by Gasteiger charge is -2.25. The molecule has 4 rings (SSSR count). The number of amides is 1. The summed E-state index contributed by atoms with van der Waals surface area (Å²) >= 11 is 12.2. The summed E-state index contributed by atoms with van der Waals surface area (Å²) in [4.78, 5) is 14.9. The highest BCUT2D eigenvalue weighted by Gasteiger charge is 2.35. The van der Waals surface area contributed by atoms with Crippen LogP contribution < -0.4 is 0 Å². The molecule has 0 radical (unpaired) electrons. The van der Waals surface area contributed by atoms with Gasteiger partial charge in [0, 0.05) is 24.5 Å². The van der Waals surface area contributed by atoms with E-state index < -0.39 is 0 Å². The summed E-state index contributed by atoms with van der Waals surface area (Å²) in [5.41, 5.74) is 0.494. The van der Waals surface area contributed by atoms with Gasteiger partial charge in [-0.2, -0.15) is 0 Å². The van der Waals surface area contributed by atoms with Crippen molar-refractivity contribution >= 4 is 29.1 Å². The second-order valence-electron chi connectivity index (χ2n) is 6.72. The number of halogens is 2. The van der Waals surface area contributed by atoms with Crippen LogP contribution in [0.3, 0.4) is 0 Å². The zero-order valence-electron chi connectivity index (χ0n) is 13.9. The zero-order valence-corrected chi connectivity index (χ0v) is 15.4. The average Bonchev–Trinajstić information content (AvgIpc) is 3.15. The Labute approximate surface area is 156 Å². The van der Waals surface area contributed by atoms with Gasteiger partial charge >= 0.3 is 0 Å². The molecule has 0 bridgehead atoms. The van der Waals surface area contributed by atoms with E-state index in [4.69, 9.17) is 23.2 Å². The third-order valence-electron chi connectivity index (χ3n) is 5.11. The van der Waals surface area contributed by atoms with Gasteiger partial charge in [0.1, 0.15) is 5.82 Å². The fourth-order valence-corrected chi connectivity index (χ4v) is 4.34. The van der Waals surface area contributed by atoms with Gasteiger partial charge in [-0.1, -0.05) is 29.6 Å². The smallest absolute Gasteiger partial charge is 0.255 e. The normalized spacial score (nSPS) is 20.4. The number of carbonyl (C=O) groups is 1. The molecule has 1 saturated heterocycles. The second-order valence-corrected chi connectivity index (χ2v) is 7.56. The first-order chi connectivity index (χ1) is 12.1. The van der Waals surface area contributed by atoms with Crippen molar-refractivity contribution in [1.82, 2.24) is 19.7 Å². The lowest BCUT2D eigenvalue weighted by molar-refractivity contribution is 0.0727.